The lowest BCUT2D eigenvalue weighted by atomic mass is 10.3. The number of rotatable bonds is 4. The van der Waals surface area contributed by atoms with Crippen LogP contribution in [-0.4, -0.2) is 4.92 Å². The minimum atomic E-state index is -0.417. The van der Waals surface area contributed by atoms with Gasteiger partial charge in [0.15, 0.2) is 0 Å². The van der Waals surface area contributed by atoms with E-state index in [2.05, 4.69) is 5.32 Å². The molecule has 1 heterocycles. The van der Waals surface area contributed by atoms with E-state index in [-0.39, 0.29) is 5.69 Å². The molecule has 1 aromatic heterocycles. The van der Waals surface area contributed by atoms with Crippen LogP contribution in [0.3, 0.4) is 0 Å². The Kier molecular flexibility index (Phi) is 3.09. The van der Waals surface area contributed by atoms with Crippen LogP contribution in [0.15, 0.2) is 40.8 Å². The van der Waals surface area contributed by atoms with Crippen molar-refractivity contribution in [2.75, 3.05) is 5.32 Å². The van der Waals surface area contributed by atoms with E-state index in [4.69, 9.17) is 4.42 Å². The third kappa shape index (κ3) is 2.84. The summed E-state index contributed by atoms with van der Waals surface area (Å²) in [6.45, 7) is 2.45. The molecule has 2 rings (SSSR count). The first kappa shape index (κ1) is 11.2. The van der Waals surface area contributed by atoms with Crippen molar-refractivity contribution in [2.24, 2.45) is 0 Å². The van der Waals surface area contributed by atoms with Gasteiger partial charge in [0.1, 0.15) is 11.5 Å². The van der Waals surface area contributed by atoms with Crippen molar-refractivity contribution in [1.82, 2.24) is 0 Å². The fourth-order valence-corrected chi connectivity index (χ4v) is 1.47. The van der Waals surface area contributed by atoms with E-state index in [0.29, 0.717) is 6.54 Å². The van der Waals surface area contributed by atoms with Crippen molar-refractivity contribution in [3.05, 3.63) is 58.0 Å². The van der Waals surface area contributed by atoms with E-state index in [0.717, 1.165) is 17.2 Å². The van der Waals surface area contributed by atoms with Crippen LogP contribution in [0.1, 0.15) is 11.5 Å². The van der Waals surface area contributed by atoms with Gasteiger partial charge in [-0.2, -0.15) is 0 Å². The summed E-state index contributed by atoms with van der Waals surface area (Å²) in [5.41, 5.74) is 0.911. The summed E-state index contributed by atoms with van der Waals surface area (Å²) in [5.74, 6) is 1.70. The first-order valence-corrected chi connectivity index (χ1v) is 5.19. The molecule has 1 aromatic carbocycles. The predicted octanol–water partition coefficient (Wildman–Crippen LogP) is 3.11. The highest BCUT2D eigenvalue weighted by Gasteiger charge is 2.04. The minimum Gasteiger partial charge on any atom is -0.465 e. The SMILES string of the molecule is Cc1ccc(CNc2ccc([N+](=O)[O-])cc2)o1. The molecular weight excluding hydrogens is 220 g/mol. The van der Waals surface area contributed by atoms with E-state index in [9.17, 15) is 10.1 Å². The average Bonchev–Trinajstić information content (AvgIpc) is 2.73. The second-order valence-corrected chi connectivity index (χ2v) is 3.67. The second-order valence-electron chi connectivity index (χ2n) is 3.67. The number of nitrogens with zero attached hydrogens (tertiary/aromatic N) is 1. The summed E-state index contributed by atoms with van der Waals surface area (Å²) >= 11 is 0. The monoisotopic (exact) mass is 232 g/mol. The van der Waals surface area contributed by atoms with Crippen molar-refractivity contribution < 1.29 is 9.34 Å². The van der Waals surface area contributed by atoms with Crippen LogP contribution in [0.2, 0.25) is 0 Å². The molecule has 0 saturated heterocycles. The van der Waals surface area contributed by atoms with Gasteiger partial charge in [0.2, 0.25) is 0 Å². The normalized spacial score (nSPS) is 10.2. The molecule has 0 atom stereocenters. The molecule has 0 spiro atoms. The van der Waals surface area contributed by atoms with Gasteiger partial charge in [0, 0.05) is 17.8 Å². The van der Waals surface area contributed by atoms with E-state index < -0.39 is 4.92 Å². The Balaban J connectivity index is 1.97. The van der Waals surface area contributed by atoms with Crippen molar-refractivity contribution in [2.45, 2.75) is 13.5 Å². The highest BCUT2D eigenvalue weighted by Crippen LogP contribution is 2.16. The van der Waals surface area contributed by atoms with Gasteiger partial charge in [-0.3, -0.25) is 10.1 Å². The molecule has 0 amide bonds. The standard InChI is InChI=1S/C12H12N2O3/c1-9-2-7-12(17-9)8-13-10-3-5-11(6-4-10)14(15)16/h2-7,13H,8H2,1H3. The van der Waals surface area contributed by atoms with Gasteiger partial charge >= 0.3 is 0 Å². The lowest BCUT2D eigenvalue weighted by molar-refractivity contribution is -0.384. The largest absolute Gasteiger partial charge is 0.465 e. The Morgan fingerprint density at radius 1 is 1.24 bits per heavy atom. The van der Waals surface area contributed by atoms with Crippen molar-refractivity contribution in [3.8, 4) is 0 Å². The zero-order valence-electron chi connectivity index (χ0n) is 9.34. The van der Waals surface area contributed by atoms with Crippen LogP contribution >= 0.6 is 0 Å². The zero-order chi connectivity index (χ0) is 12.3. The van der Waals surface area contributed by atoms with Crippen LogP contribution in [0.5, 0.6) is 0 Å². The molecule has 1 N–H and O–H groups in total. The molecule has 0 aliphatic rings. The first-order valence-electron chi connectivity index (χ1n) is 5.19. The Morgan fingerprint density at radius 2 is 1.94 bits per heavy atom. The summed E-state index contributed by atoms with van der Waals surface area (Å²) in [7, 11) is 0. The molecule has 0 aliphatic heterocycles. The lowest BCUT2D eigenvalue weighted by Crippen LogP contribution is -1.98. The highest BCUT2D eigenvalue weighted by atomic mass is 16.6. The van der Waals surface area contributed by atoms with Gasteiger partial charge in [-0.25, -0.2) is 0 Å². The quantitative estimate of drug-likeness (QED) is 0.649. The predicted molar refractivity (Wildman–Crippen MR) is 63.9 cm³/mol. The summed E-state index contributed by atoms with van der Waals surface area (Å²) in [5, 5.41) is 13.6. The highest BCUT2D eigenvalue weighted by molar-refractivity contribution is 5.48. The van der Waals surface area contributed by atoms with Gasteiger partial charge in [-0.05, 0) is 31.2 Å². The fraction of sp³-hybridized carbons (Fsp3) is 0.167. The van der Waals surface area contributed by atoms with E-state index in [1.165, 1.54) is 12.1 Å². The van der Waals surface area contributed by atoms with Crippen molar-refractivity contribution in [3.63, 3.8) is 0 Å². The van der Waals surface area contributed by atoms with Crippen molar-refractivity contribution >= 4 is 11.4 Å². The molecule has 0 fully saturated rings. The maximum Gasteiger partial charge on any atom is 0.269 e. The molecular formula is C12H12N2O3. The number of nitro groups is 1. The molecule has 0 aliphatic carbocycles. The number of non-ortho nitro benzene ring substituents is 1. The second kappa shape index (κ2) is 4.69. The number of nitro benzene ring substituents is 1. The Bertz CT molecular complexity index is 517. The van der Waals surface area contributed by atoms with Gasteiger partial charge in [0.05, 0.1) is 11.5 Å². The van der Waals surface area contributed by atoms with Crippen LogP contribution in [0.4, 0.5) is 11.4 Å². The fourth-order valence-electron chi connectivity index (χ4n) is 1.47. The molecule has 17 heavy (non-hydrogen) atoms. The smallest absolute Gasteiger partial charge is 0.269 e. The molecule has 2 aromatic rings. The number of aryl methyl sites for hydroxylation is 1. The number of benzene rings is 1. The average molecular weight is 232 g/mol. The van der Waals surface area contributed by atoms with E-state index >= 15 is 0 Å². The third-order valence-electron chi connectivity index (χ3n) is 2.34. The van der Waals surface area contributed by atoms with Gasteiger partial charge < -0.3 is 9.73 Å². The minimum absolute atomic E-state index is 0.0874. The summed E-state index contributed by atoms with van der Waals surface area (Å²) in [4.78, 5) is 10.0. The first-order chi connectivity index (χ1) is 8.15. The third-order valence-corrected chi connectivity index (χ3v) is 2.34. The Hall–Kier alpha value is -2.30. The number of furan rings is 1. The van der Waals surface area contributed by atoms with Gasteiger partial charge in [-0.15, -0.1) is 0 Å². The molecule has 0 saturated carbocycles. The number of hydrogen-bond acceptors (Lipinski definition) is 4. The number of hydrogen-bond donors (Lipinski definition) is 1. The van der Waals surface area contributed by atoms with Gasteiger partial charge in [0.25, 0.3) is 5.69 Å². The van der Waals surface area contributed by atoms with Crippen LogP contribution in [-0.2, 0) is 6.54 Å². The van der Waals surface area contributed by atoms with Crippen molar-refractivity contribution in [1.29, 1.82) is 0 Å². The van der Waals surface area contributed by atoms with Crippen LogP contribution in [0, 0.1) is 17.0 Å². The van der Waals surface area contributed by atoms with E-state index in [1.807, 2.05) is 19.1 Å². The molecule has 0 radical (unpaired) electrons. The summed E-state index contributed by atoms with van der Waals surface area (Å²) in [6.07, 6.45) is 0. The zero-order valence-corrected chi connectivity index (χ0v) is 9.34. The molecule has 88 valence electrons. The lowest BCUT2D eigenvalue weighted by Gasteiger charge is -2.03. The number of anilines is 1. The Labute approximate surface area is 98.2 Å². The molecule has 0 unspecified atom stereocenters. The van der Waals surface area contributed by atoms with Crippen LogP contribution in [0.25, 0.3) is 0 Å². The number of nitrogens with one attached hydrogen (secondary N) is 1. The maximum atomic E-state index is 10.5. The summed E-state index contributed by atoms with van der Waals surface area (Å²) < 4.78 is 5.40. The molecule has 5 nitrogen and oxygen atoms in total. The van der Waals surface area contributed by atoms with Crippen LogP contribution < -0.4 is 5.32 Å². The summed E-state index contributed by atoms with van der Waals surface area (Å²) in [6, 6.07) is 10.1. The maximum absolute atomic E-state index is 10.5. The molecule has 5 heteroatoms. The molecule has 0 bridgehead atoms. The van der Waals surface area contributed by atoms with E-state index in [1.54, 1.807) is 12.1 Å². The van der Waals surface area contributed by atoms with Gasteiger partial charge in [-0.1, -0.05) is 0 Å². The topological polar surface area (TPSA) is 68.3 Å². The Morgan fingerprint density at radius 3 is 2.47 bits per heavy atom.